The van der Waals surface area contributed by atoms with Crippen molar-refractivity contribution in [3.8, 4) is 22.4 Å². The minimum atomic E-state index is -1.42. The molecule has 4 rings (SSSR count). The standard InChI is InChI=1S/C26H28F2N6O2/c1-15-10-20(27)22(32-25(36)30-9-7-26(2,3)28)13-19(15)21-11-18(14-31-34-21)17-6-8-29-23(12-17)33-24(35)16-4-5-16/h6,8,10-14,16H,4-5,7,9H2,1-3H3,(H,29,33,35)(H2,30,32,36). The highest BCUT2D eigenvalue weighted by molar-refractivity contribution is 5.94. The van der Waals surface area contributed by atoms with Crippen molar-refractivity contribution in [3.63, 3.8) is 0 Å². The lowest BCUT2D eigenvalue weighted by molar-refractivity contribution is -0.117. The van der Waals surface area contributed by atoms with Gasteiger partial charge in [-0.05, 0) is 81.5 Å². The second kappa shape index (κ2) is 10.3. The number of pyridine rings is 1. The number of aromatic nitrogens is 3. The van der Waals surface area contributed by atoms with Gasteiger partial charge in [-0.15, -0.1) is 0 Å². The number of carbonyl (C=O) groups is 2. The molecule has 3 aromatic rings. The molecule has 1 saturated carbocycles. The number of aryl methyl sites for hydroxylation is 1. The Bertz CT molecular complexity index is 1290. The van der Waals surface area contributed by atoms with E-state index in [1.807, 2.05) is 0 Å². The molecule has 2 heterocycles. The van der Waals surface area contributed by atoms with Crippen LogP contribution in [0.1, 0.15) is 38.7 Å². The number of amides is 3. The summed E-state index contributed by atoms with van der Waals surface area (Å²) >= 11 is 0. The van der Waals surface area contributed by atoms with E-state index < -0.39 is 17.5 Å². The van der Waals surface area contributed by atoms with Gasteiger partial charge < -0.3 is 16.0 Å². The van der Waals surface area contributed by atoms with E-state index in [2.05, 4.69) is 31.1 Å². The van der Waals surface area contributed by atoms with Gasteiger partial charge in [-0.1, -0.05) is 0 Å². The van der Waals surface area contributed by atoms with Gasteiger partial charge in [-0.25, -0.2) is 18.6 Å². The molecule has 0 aliphatic heterocycles. The molecule has 0 bridgehead atoms. The number of carbonyl (C=O) groups excluding carboxylic acids is 2. The number of alkyl halides is 1. The van der Waals surface area contributed by atoms with E-state index >= 15 is 0 Å². The van der Waals surface area contributed by atoms with Gasteiger partial charge in [0.05, 0.1) is 17.6 Å². The molecular weight excluding hydrogens is 466 g/mol. The number of hydrogen-bond donors (Lipinski definition) is 3. The first-order chi connectivity index (χ1) is 17.1. The molecule has 1 aliphatic carbocycles. The maximum atomic E-state index is 14.6. The second-order valence-corrected chi connectivity index (χ2v) is 9.52. The number of nitrogens with zero attached hydrogens (tertiary/aromatic N) is 3. The third kappa shape index (κ3) is 6.59. The number of hydrogen-bond acceptors (Lipinski definition) is 5. The summed E-state index contributed by atoms with van der Waals surface area (Å²) in [5.74, 6) is -0.125. The van der Waals surface area contributed by atoms with Crippen molar-refractivity contribution < 1.29 is 18.4 Å². The third-order valence-electron chi connectivity index (χ3n) is 5.79. The summed E-state index contributed by atoms with van der Waals surface area (Å²) in [6.07, 6.45) is 5.11. The quantitative estimate of drug-likeness (QED) is 0.396. The van der Waals surface area contributed by atoms with Gasteiger partial charge in [0.25, 0.3) is 0 Å². The fourth-order valence-corrected chi connectivity index (χ4v) is 3.59. The van der Waals surface area contributed by atoms with Gasteiger partial charge in [0.2, 0.25) is 5.91 Å². The summed E-state index contributed by atoms with van der Waals surface area (Å²) in [7, 11) is 0. The van der Waals surface area contributed by atoms with Crippen LogP contribution in [0.5, 0.6) is 0 Å². The minimum absolute atomic E-state index is 0.0335. The predicted molar refractivity (Wildman–Crippen MR) is 134 cm³/mol. The molecule has 3 N–H and O–H groups in total. The zero-order valence-corrected chi connectivity index (χ0v) is 20.4. The first-order valence-corrected chi connectivity index (χ1v) is 11.7. The Kier molecular flexibility index (Phi) is 7.23. The zero-order valence-electron chi connectivity index (χ0n) is 20.4. The van der Waals surface area contributed by atoms with E-state index in [0.29, 0.717) is 22.6 Å². The van der Waals surface area contributed by atoms with Gasteiger partial charge in [-0.3, -0.25) is 4.79 Å². The number of urea groups is 1. The van der Waals surface area contributed by atoms with Gasteiger partial charge in [0.1, 0.15) is 17.3 Å². The number of nitrogens with one attached hydrogen (secondary N) is 3. The highest BCUT2D eigenvalue weighted by Gasteiger charge is 2.29. The average Bonchev–Trinajstić information content (AvgIpc) is 3.66. The summed E-state index contributed by atoms with van der Waals surface area (Å²) in [6.45, 7) is 4.69. The lowest BCUT2D eigenvalue weighted by atomic mass is 10.0. The smallest absolute Gasteiger partial charge is 0.319 e. The van der Waals surface area contributed by atoms with Crippen LogP contribution in [-0.2, 0) is 4.79 Å². The SMILES string of the molecule is Cc1cc(F)c(NC(=O)NCCC(C)(C)F)cc1-c1cc(-c2ccnc(NC(=O)C3CC3)c2)cnn1. The molecule has 10 heteroatoms. The van der Waals surface area contributed by atoms with E-state index in [1.54, 1.807) is 37.5 Å². The van der Waals surface area contributed by atoms with E-state index in [9.17, 15) is 18.4 Å². The van der Waals surface area contributed by atoms with Gasteiger partial charge in [0, 0.05) is 29.8 Å². The molecule has 0 radical (unpaired) electrons. The molecule has 2 aromatic heterocycles. The Morgan fingerprint density at radius 1 is 1.11 bits per heavy atom. The minimum Gasteiger partial charge on any atom is -0.338 e. The molecule has 1 fully saturated rings. The van der Waals surface area contributed by atoms with Crippen molar-refractivity contribution in [2.75, 3.05) is 17.2 Å². The van der Waals surface area contributed by atoms with E-state index in [0.717, 1.165) is 24.0 Å². The van der Waals surface area contributed by atoms with Crippen molar-refractivity contribution in [3.05, 3.63) is 54.1 Å². The van der Waals surface area contributed by atoms with Crippen LogP contribution < -0.4 is 16.0 Å². The van der Waals surface area contributed by atoms with Crippen LogP contribution in [0.4, 0.5) is 25.1 Å². The summed E-state index contributed by atoms with van der Waals surface area (Å²) < 4.78 is 28.2. The van der Waals surface area contributed by atoms with Gasteiger partial charge in [0.15, 0.2) is 0 Å². The van der Waals surface area contributed by atoms with E-state index in [4.69, 9.17) is 0 Å². The van der Waals surface area contributed by atoms with Crippen LogP contribution in [-0.4, -0.2) is 39.3 Å². The van der Waals surface area contributed by atoms with Gasteiger partial charge in [-0.2, -0.15) is 10.2 Å². The molecule has 1 aliphatic rings. The first kappa shape index (κ1) is 25.2. The fraction of sp³-hybridized carbons (Fsp3) is 0.346. The fourth-order valence-electron chi connectivity index (χ4n) is 3.59. The van der Waals surface area contributed by atoms with Crippen LogP contribution in [0.25, 0.3) is 22.4 Å². The Labute approximate surface area is 207 Å². The monoisotopic (exact) mass is 494 g/mol. The van der Waals surface area contributed by atoms with E-state index in [1.165, 1.54) is 26.0 Å². The predicted octanol–water partition coefficient (Wildman–Crippen LogP) is 5.26. The van der Waals surface area contributed by atoms with Crippen molar-refractivity contribution in [1.82, 2.24) is 20.5 Å². The largest absolute Gasteiger partial charge is 0.338 e. The lowest BCUT2D eigenvalue weighted by Crippen LogP contribution is -2.32. The molecule has 1 aromatic carbocycles. The van der Waals surface area contributed by atoms with Crippen LogP contribution in [0.2, 0.25) is 0 Å². The maximum absolute atomic E-state index is 14.6. The van der Waals surface area contributed by atoms with Crippen LogP contribution in [0.3, 0.4) is 0 Å². The lowest BCUT2D eigenvalue weighted by Gasteiger charge is -2.15. The molecule has 36 heavy (non-hydrogen) atoms. The van der Waals surface area contributed by atoms with Crippen LogP contribution in [0, 0.1) is 18.7 Å². The second-order valence-electron chi connectivity index (χ2n) is 9.52. The van der Waals surface area contributed by atoms with Crippen molar-refractivity contribution >= 4 is 23.4 Å². The topological polar surface area (TPSA) is 109 Å². The van der Waals surface area contributed by atoms with E-state index in [-0.39, 0.29) is 30.5 Å². The van der Waals surface area contributed by atoms with Crippen LogP contribution >= 0.6 is 0 Å². The molecule has 3 amide bonds. The highest BCUT2D eigenvalue weighted by Crippen LogP contribution is 2.32. The zero-order chi connectivity index (χ0) is 25.9. The summed E-state index contributed by atoms with van der Waals surface area (Å²) in [6, 6.07) is 7.51. The Balaban J connectivity index is 1.54. The normalized spacial score (nSPS) is 13.2. The number of anilines is 2. The first-order valence-electron chi connectivity index (χ1n) is 11.7. The average molecular weight is 495 g/mol. The summed E-state index contributed by atoms with van der Waals surface area (Å²) in [4.78, 5) is 28.5. The van der Waals surface area contributed by atoms with Gasteiger partial charge >= 0.3 is 6.03 Å². The molecule has 0 saturated heterocycles. The Hall–Kier alpha value is -3.95. The highest BCUT2D eigenvalue weighted by atomic mass is 19.1. The molecule has 0 unspecified atom stereocenters. The summed E-state index contributed by atoms with van der Waals surface area (Å²) in [5, 5.41) is 16.1. The number of rotatable bonds is 8. The van der Waals surface area contributed by atoms with Crippen molar-refractivity contribution in [2.45, 2.75) is 45.7 Å². The molecular formula is C26H28F2N6O2. The number of benzene rings is 1. The Morgan fingerprint density at radius 2 is 1.89 bits per heavy atom. The van der Waals surface area contributed by atoms with Crippen LogP contribution in [0.15, 0.2) is 42.7 Å². The van der Waals surface area contributed by atoms with Crippen molar-refractivity contribution in [1.29, 1.82) is 0 Å². The molecule has 8 nitrogen and oxygen atoms in total. The summed E-state index contributed by atoms with van der Waals surface area (Å²) in [5.41, 5.74) is 1.73. The molecule has 188 valence electrons. The third-order valence-corrected chi connectivity index (χ3v) is 5.79. The maximum Gasteiger partial charge on any atom is 0.319 e. The molecule has 0 spiro atoms. The molecule has 0 atom stereocenters. The number of halogens is 2. The van der Waals surface area contributed by atoms with Crippen molar-refractivity contribution in [2.24, 2.45) is 5.92 Å². The Morgan fingerprint density at radius 3 is 2.61 bits per heavy atom.